The Bertz CT molecular complexity index is 808. The third-order valence-electron chi connectivity index (χ3n) is 4.09. The maximum atomic E-state index is 12.6. The van der Waals surface area contributed by atoms with Gasteiger partial charge >= 0.3 is 6.03 Å². The smallest absolute Gasteiger partial charge is 0.321 e. The van der Waals surface area contributed by atoms with Crippen LogP contribution in [0.25, 0.3) is 0 Å². The Hall–Kier alpha value is -2.73. The molecule has 0 saturated carbocycles. The lowest BCUT2D eigenvalue weighted by Crippen LogP contribution is -2.27. The van der Waals surface area contributed by atoms with Gasteiger partial charge in [0.15, 0.2) is 0 Å². The Kier molecular flexibility index (Phi) is 5.63. The van der Waals surface area contributed by atoms with Crippen LogP contribution in [0.5, 0.6) is 0 Å². The number of hydrogen-bond donors (Lipinski definition) is 3. The monoisotopic (exact) mass is 372 g/mol. The van der Waals surface area contributed by atoms with Crippen molar-refractivity contribution in [2.45, 2.75) is 13.3 Å². The summed E-state index contributed by atoms with van der Waals surface area (Å²) in [5.74, 6) is -0.232. The predicted molar refractivity (Wildman–Crippen MR) is 105 cm³/mol. The first-order valence-electron chi connectivity index (χ1n) is 8.58. The molecular formula is C19H21ClN4O2. The van der Waals surface area contributed by atoms with Gasteiger partial charge in [0.1, 0.15) is 0 Å². The fourth-order valence-electron chi connectivity index (χ4n) is 2.74. The molecule has 1 fully saturated rings. The van der Waals surface area contributed by atoms with Crippen LogP contribution < -0.4 is 20.9 Å². The van der Waals surface area contributed by atoms with Crippen LogP contribution in [0.15, 0.2) is 42.5 Å². The third kappa shape index (κ3) is 4.08. The summed E-state index contributed by atoms with van der Waals surface area (Å²) in [5.41, 5.74) is 2.74. The Labute approximate surface area is 157 Å². The summed E-state index contributed by atoms with van der Waals surface area (Å²) >= 11 is 6.07. The Morgan fingerprint density at radius 1 is 1.19 bits per heavy atom. The number of urea groups is 1. The molecule has 3 amide bonds. The zero-order valence-corrected chi connectivity index (χ0v) is 15.3. The van der Waals surface area contributed by atoms with Crippen molar-refractivity contribution in [2.24, 2.45) is 0 Å². The van der Waals surface area contributed by atoms with Gasteiger partial charge in [-0.15, -0.1) is 0 Å². The highest BCUT2D eigenvalue weighted by molar-refractivity contribution is 6.31. The number of halogens is 1. The molecule has 1 saturated heterocycles. The van der Waals surface area contributed by atoms with Gasteiger partial charge < -0.3 is 16.0 Å². The van der Waals surface area contributed by atoms with Gasteiger partial charge in [0.05, 0.1) is 11.4 Å². The predicted octanol–water partition coefficient (Wildman–Crippen LogP) is 3.94. The number of nitrogens with one attached hydrogen (secondary N) is 3. The number of carbonyl (C=O) groups excluding carboxylic acids is 2. The van der Waals surface area contributed by atoms with Gasteiger partial charge in [-0.3, -0.25) is 9.69 Å². The molecule has 1 heterocycles. The van der Waals surface area contributed by atoms with Gasteiger partial charge in [0.2, 0.25) is 0 Å². The second kappa shape index (κ2) is 8.10. The summed E-state index contributed by atoms with van der Waals surface area (Å²) in [5, 5.41) is 9.48. The summed E-state index contributed by atoms with van der Waals surface area (Å²) in [4.78, 5) is 25.9. The van der Waals surface area contributed by atoms with E-state index in [1.165, 1.54) is 0 Å². The van der Waals surface area contributed by atoms with E-state index in [1.54, 1.807) is 41.3 Å². The van der Waals surface area contributed by atoms with Gasteiger partial charge in [-0.1, -0.05) is 18.5 Å². The van der Waals surface area contributed by atoms with Crippen molar-refractivity contribution in [3.05, 3.63) is 53.1 Å². The largest absolute Gasteiger partial charge is 0.383 e. The molecule has 136 valence electrons. The molecule has 26 heavy (non-hydrogen) atoms. The molecule has 2 aromatic carbocycles. The fourth-order valence-corrected chi connectivity index (χ4v) is 2.91. The number of rotatable bonds is 6. The molecule has 0 unspecified atom stereocenters. The summed E-state index contributed by atoms with van der Waals surface area (Å²) < 4.78 is 0. The van der Waals surface area contributed by atoms with Crippen LogP contribution in [0.2, 0.25) is 5.02 Å². The molecule has 0 bridgehead atoms. The first-order valence-corrected chi connectivity index (χ1v) is 8.96. The van der Waals surface area contributed by atoms with Gasteiger partial charge in [-0.2, -0.15) is 0 Å². The van der Waals surface area contributed by atoms with Crippen LogP contribution in [0.3, 0.4) is 0 Å². The summed E-state index contributed by atoms with van der Waals surface area (Å²) in [6.45, 7) is 4.13. The fraction of sp³-hybridized carbons (Fsp3) is 0.263. The van der Waals surface area contributed by atoms with Gasteiger partial charge in [-0.25, -0.2) is 4.79 Å². The molecule has 3 N–H and O–H groups in total. The van der Waals surface area contributed by atoms with E-state index in [4.69, 9.17) is 11.6 Å². The van der Waals surface area contributed by atoms with E-state index in [0.29, 0.717) is 29.4 Å². The van der Waals surface area contributed by atoms with Crippen molar-refractivity contribution in [3.63, 3.8) is 0 Å². The van der Waals surface area contributed by atoms with Gasteiger partial charge in [-0.05, 0) is 48.9 Å². The highest BCUT2D eigenvalue weighted by Crippen LogP contribution is 2.26. The maximum absolute atomic E-state index is 12.6. The van der Waals surface area contributed by atoms with E-state index in [1.807, 2.05) is 6.07 Å². The Morgan fingerprint density at radius 2 is 1.96 bits per heavy atom. The number of hydrogen-bond acceptors (Lipinski definition) is 3. The highest BCUT2D eigenvalue weighted by Gasteiger charge is 2.21. The molecule has 0 aliphatic carbocycles. The molecular weight excluding hydrogens is 352 g/mol. The van der Waals surface area contributed by atoms with Crippen molar-refractivity contribution in [1.82, 2.24) is 5.32 Å². The quantitative estimate of drug-likeness (QED) is 0.719. The van der Waals surface area contributed by atoms with Crippen molar-refractivity contribution in [2.75, 3.05) is 35.2 Å². The molecule has 1 aliphatic heterocycles. The standard InChI is InChI=1S/C19H21ClN4O2/c1-2-9-21-16-8-5-14(20)12-17(16)23-18(25)13-3-6-15(7-4-13)24-11-10-22-19(24)26/h3-8,12,21H,2,9-11H2,1H3,(H,22,26)(H,23,25). The SMILES string of the molecule is CCCNc1ccc(Cl)cc1NC(=O)c1ccc(N2CCNC2=O)cc1. The van der Waals surface area contributed by atoms with Gasteiger partial charge in [0.25, 0.3) is 5.91 Å². The molecule has 6 nitrogen and oxygen atoms in total. The summed E-state index contributed by atoms with van der Waals surface area (Å²) in [7, 11) is 0. The lowest BCUT2D eigenvalue weighted by molar-refractivity contribution is 0.102. The first kappa shape index (κ1) is 18.1. The van der Waals surface area contributed by atoms with Crippen LogP contribution >= 0.6 is 11.6 Å². The van der Waals surface area contributed by atoms with Crippen LogP contribution in [0.1, 0.15) is 23.7 Å². The van der Waals surface area contributed by atoms with Crippen molar-refractivity contribution in [1.29, 1.82) is 0 Å². The topological polar surface area (TPSA) is 73.5 Å². The van der Waals surface area contributed by atoms with Crippen LogP contribution in [-0.4, -0.2) is 31.6 Å². The number of carbonyl (C=O) groups is 2. The number of nitrogens with zero attached hydrogens (tertiary/aromatic N) is 1. The molecule has 2 aromatic rings. The lowest BCUT2D eigenvalue weighted by Gasteiger charge is -2.15. The minimum atomic E-state index is -0.232. The number of benzene rings is 2. The van der Waals surface area contributed by atoms with Crippen molar-refractivity contribution >= 4 is 40.6 Å². The average Bonchev–Trinajstić information content (AvgIpc) is 3.07. The molecule has 3 rings (SSSR count). The third-order valence-corrected chi connectivity index (χ3v) is 4.33. The summed E-state index contributed by atoms with van der Waals surface area (Å²) in [6.07, 6.45) is 0.974. The van der Waals surface area contributed by atoms with Gasteiger partial charge in [0, 0.05) is 35.9 Å². The number of anilines is 3. The lowest BCUT2D eigenvalue weighted by atomic mass is 10.1. The first-order chi connectivity index (χ1) is 12.6. The molecule has 1 aliphatic rings. The molecule has 0 spiro atoms. The van der Waals surface area contributed by atoms with Crippen molar-refractivity contribution in [3.8, 4) is 0 Å². The van der Waals surface area contributed by atoms with E-state index in [-0.39, 0.29) is 11.9 Å². The molecule has 7 heteroatoms. The zero-order chi connectivity index (χ0) is 18.5. The average molecular weight is 373 g/mol. The second-order valence-corrected chi connectivity index (χ2v) is 6.44. The normalized spacial score (nSPS) is 13.5. The van der Waals surface area contributed by atoms with E-state index in [9.17, 15) is 9.59 Å². The zero-order valence-electron chi connectivity index (χ0n) is 14.5. The van der Waals surface area contributed by atoms with Crippen molar-refractivity contribution < 1.29 is 9.59 Å². The molecule has 0 atom stereocenters. The summed E-state index contributed by atoms with van der Waals surface area (Å²) in [6, 6.07) is 12.2. The molecule has 0 radical (unpaired) electrons. The van der Waals surface area contributed by atoms with Crippen LogP contribution in [-0.2, 0) is 0 Å². The number of amides is 3. The second-order valence-electron chi connectivity index (χ2n) is 6.00. The maximum Gasteiger partial charge on any atom is 0.321 e. The van der Waals surface area contributed by atoms with Crippen LogP contribution in [0.4, 0.5) is 21.9 Å². The minimum Gasteiger partial charge on any atom is -0.383 e. The van der Waals surface area contributed by atoms with Crippen LogP contribution in [0, 0.1) is 0 Å². The van der Waals surface area contributed by atoms with E-state index in [2.05, 4.69) is 22.9 Å². The Morgan fingerprint density at radius 3 is 2.62 bits per heavy atom. The molecule has 0 aromatic heterocycles. The highest BCUT2D eigenvalue weighted by atomic mass is 35.5. The van der Waals surface area contributed by atoms with E-state index in [0.717, 1.165) is 24.3 Å². The minimum absolute atomic E-state index is 0.118. The van der Waals surface area contributed by atoms with E-state index < -0.39 is 0 Å². The van der Waals surface area contributed by atoms with E-state index >= 15 is 0 Å². The Balaban J connectivity index is 1.74.